The first-order chi connectivity index (χ1) is 14.3. The maximum atomic E-state index is 12.6. The van der Waals surface area contributed by atoms with Gasteiger partial charge in [-0.2, -0.15) is 4.31 Å². The lowest BCUT2D eigenvalue weighted by atomic mass is 10.2. The van der Waals surface area contributed by atoms with Gasteiger partial charge in [0.2, 0.25) is 15.9 Å². The Bertz CT molecular complexity index is 995. The molecule has 0 spiro atoms. The van der Waals surface area contributed by atoms with Crippen LogP contribution >= 0.6 is 23.4 Å². The van der Waals surface area contributed by atoms with Gasteiger partial charge in [0.1, 0.15) is 0 Å². The van der Waals surface area contributed by atoms with Gasteiger partial charge in [-0.25, -0.2) is 8.42 Å². The highest BCUT2D eigenvalue weighted by Gasteiger charge is 2.22. The molecule has 2 amide bonds. The Labute approximate surface area is 186 Å². The number of sulfonamides is 1. The quantitative estimate of drug-likeness (QED) is 0.550. The normalized spacial score (nSPS) is 11.3. The predicted octanol–water partition coefficient (Wildman–Crippen LogP) is 3.06. The largest absolute Gasteiger partial charge is 0.272 e. The number of thioether (sulfide) groups is 1. The van der Waals surface area contributed by atoms with Gasteiger partial charge in [0.25, 0.3) is 5.91 Å². The second-order valence-electron chi connectivity index (χ2n) is 6.24. The highest BCUT2D eigenvalue weighted by molar-refractivity contribution is 7.99. The summed E-state index contributed by atoms with van der Waals surface area (Å²) in [4.78, 5) is 24.3. The number of nitrogens with one attached hydrogen (secondary N) is 2. The van der Waals surface area contributed by atoms with Crippen LogP contribution < -0.4 is 10.9 Å². The second-order valence-corrected chi connectivity index (χ2v) is 9.60. The van der Waals surface area contributed by atoms with Gasteiger partial charge in [-0.05, 0) is 35.9 Å². The van der Waals surface area contributed by atoms with Gasteiger partial charge in [0.05, 0.1) is 10.6 Å². The summed E-state index contributed by atoms with van der Waals surface area (Å²) in [6, 6.07) is 13.1. The van der Waals surface area contributed by atoms with Crippen LogP contribution in [0, 0.1) is 0 Å². The lowest BCUT2D eigenvalue weighted by Gasteiger charge is -2.18. The summed E-state index contributed by atoms with van der Waals surface area (Å²) < 4.78 is 26.5. The van der Waals surface area contributed by atoms with Crippen LogP contribution in [-0.4, -0.2) is 43.4 Å². The molecule has 2 aromatic carbocycles. The molecule has 0 aliphatic carbocycles. The van der Waals surface area contributed by atoms with Gasteiger partial charge in [-0.3, -0.25) is 20.4 Å². The Hall–Kier alpha value is -2.07. The third kappa shape index (κ3) is 6.73. The van der Waals surface area contributed by atoms with Crippen LogP contribution in [0.15, 0.2) is 53.4 Å². The minimum Gasteiger partial charge on any atom is -0.272 e. The van der Waals surface area contributed by atoms with E-state index in [9.17, 15) is 18.0 Å². The van der Waals surface area contributed by atoms with Gasteiger partial charge in [0.15, 0.2) is 0 Å². The number of benzene rings is 2. The van der Waals surface area contributed by atoms with Crippen molar-refractivity contribution in [3.8, 4) is 0 Å². The Morgan fingerprint density at radius 3 is 2.40 bits per heavy atom. The monoisotopic (exact) mass is 469 g/mol. The summed E-state index contributed by atoms with van der Waals surface area (Å²) in [6.45, 7) is 4.16. The molecule has 0 aliphatic rings. The van der Waals surface area contributed by atoms with E-state index in [0.29, 0.717) is 23.9 Å². The highest BCUT2D eigenvalue weighted by atomic mass is 35.5. The number of carbonyl (C=O) groups excluding carboxylic acids is 2. The fourth-order valence-corrected chi connectivity index (χ4v) is 5.13. The van der Waals surface area contributed by atoms with Crippen LogP contribution in [0.4, 0.5) is 0 Å². The number of hydrogen-bond donors (Lipinski definition) is 2. The van der Waals surface area contributed by atoms with Crippen molar-refractivity contribution in [2.45, 2.75) is 24.5 Å². The summed E-state index contributed by atoms with van der Waals surface area (Å²) in [5, 5.41) is 0.634. The smallest absolute Gasteiger partial charge is 0.269 e. The van der Waals surface area contributed by atoms with Crippen molar-refractivity contribution in [1.29, 1.82) is 0 Å². The standard InChI is InChI=1S/C20H24ClN3O4S2/c1-3-24(4-2)30(27,28)18-10-6-8-16(12-18)20(26)23-22-19(25)14-29-13-15-7-5-9-17(21)11-15/h5-12H,3-4,13-14H2,1-2H3,(H,22,25)(H,23,26). The van der Waals surface area contributed by atoms with Crippen LogP contribution in [0.1, 0.15) is 29.8 Å². The molecule has 0 fully saturated rings. The first kappa shape index (κ1) is 24.2. The zero-order chi connectivity index (χ0) is 22.1. The number of rotatable bonds is 9. The SMILES string of the molecule is CCN(CC)S(=O)(=O)c1cccc(C(=O)NNC(=O)CSCc2cccc(Cl)c2)c1. The van der Waals surface area contributed by atoms with E-state index in [0.717, 1.165) is 5.56 Å². The first-order valence-electron chi connectivity index (χ1n) is 9.29. The fraction of sp³-hybridized carbons (Fsp3) is 0.300. The molecule has 0 aliphatic heterocycles. The number of nitrogens with zero attached hydrogens (tertiary/aromatic N) is 1. The average molecular weight is 470 g/mol. The van der Waals surface area contributed by atoms with Crippen molar-refractivity contribution < 1.29 is 18.0 Å². The molecule has 0 aromatic heterocycles. The molecular formula is C20H24ClN3O4S2. The number of amides is 2. The van der Waals surface area contributed by atoms with Gasteiger partial charge in [-0.15, -0.1) is 11.8 Å². The minimum atomic E-state index is -3.68. The molecule has 0 radical (unpaired) electrons. The summed E-state index contributed by atoms with van der Waals surface area (Å²) in [6.07, 6.45) is 0. The first-order valence-corrected chi connectivity index (χ1v) is 12.3. The van der Waals surface area contributed by atoms with Gasteiger partial charge in [-0.1, -0.05) is 43.6 Å². The summed E-state index contributed by atoms with van der Waals surface area (Å²) in [7, 11) is -3.68. The minimum absolute atomic E-state index is 0.0299. The maximum Gasteiger partial charge on any atom is 0.269 e. The van der Waals surface area contributed by atoms with Crippen LogP contribution in [0.3, 0.4) is 0 Å². The zero-order valence-corrected chi connectivity index (χ0v) is 19.1. The van der Waals surface area contributed by atoms with Crippen molar-refractivity contribution in [3.63, 3.8) is 0 Å². The van der Waals surface area contributed by atoms with Gasteiger partial charge in [0, 0.05) is 29.4 Å². The molecule has 162 valence electrons. The molecule has 0 saturated carbocycles. The van der Waals surface area contributed by atoms with Crippen molar-refractivity contribution in [2.75, 3.05) is 18.8 Å². The Kier molecular flexibility index (Phi) is 9.16. The molecule has 10 heteroatoms. The molecule has 0 bridgehead atoms. The summed E-state index contributed by atoms with van der Waals surface area (Å²) >= 11 is 7.30. The van der Waals surface area contributed by atoms with E-state index in [1.54, 1.807) is 19.9 Å². The lowest BCUT2D eigenvalue weighted by Crippen LogP contribution is -2.42. The van der Waals surface area contributed by atoms with E-state index in [1.165, 1.54) is 40.3 Å². The maximum absolute atomic E-state index is 12.6. The Morgan fingerprint density at radius 2 is 1.73 bits per heavy atom. The third-order valence-electron chi connectivity index (χ3n) is 4.15. The average Bonchev–Trinajstić information content (AvgIpc) is 2.73. The molecule has 2 N–H and O–H groups in total. The van der Waals surface area contributed by atoms with Crippen molar-refractivity contribution >= 4 is 45.2 Å². The van der Waals surface area contributed by atoms with Crippen LogP contribution in [0.2, 0.25) is 5.02 Å². The van der Waals surface area contributed by atoms with Crippen molar-refractivity contribution in [3.05, 3.63) is 64.7 Å². The topological polar surface area (TPSA) is 95.6 Å². The molecule has 0 saturated heterocycles. The van der Waals surface area contributed by atoms with E-state index in [-0.39, 0.29) is 22.1 Å². The molecule has 7 nitrogen and oxygen atoms in total. The second kappa shape index (κ2) is 11.4. The van der Waals surface area contributed by atoms with Crippen LogP contribution in [0.25, 0.3) is 0 Å². The molecule has 0 atom stereocenters. The number of carbonyl (C=O) groups is 2. The van der Waals surface area contributed by atoms with Crippen molar-refractivity contribution in [2.24, 2.45) is 0 Å². The summed E-state index contributed by atoms with van der Waals surface area (Å²) in [5.41, 5.74) is 5.78. The molecular weight excluding hydrogens is 446 g/mol. The number of halogens is 1. The third-order valence-corrected chi connectivity index (χ3v) is 7.43. The van der Waals surface area contributed by atoms with Gasteiger partial charge < -0.3 is 0 Å². The van der Waals surface area contributed by atoms with E-state index < -0.39 is 15.9 Å². The molecule has 0 heterocycles. The molecule has 0 unspecified atom stereocenters. The summed E-state index contributed by atoms with van der Waals surface area (Å²) in [5.74, 6) is -0.224. The molecule has 2 aromatic rings. The number of hydrazine groups is 1. The van der Waals surface area contributed by atoms with Crippen molar-refractivity contribution in [1.82, 2.24) is 15.2 Å². The Balaban J connectivity index is 1.89. The Morgan fingerprint density at radius 1 is 1.03 bits per heavy atom. The van der Waals surface area contributed by atoms with Gasteiger partial charge >= 0.3 is 0 Å². The van der Waals surface area contributed by atoms with E-state index >= 15 is 0 Å². The number of hydrogen-bond acceptors (Lipinski definition) is 5. The van der Waals surface area contributed by atoms with E-state index in [1.807, 2.05) is 18.2 Å². The van der Waals surface area contributed by atoms with Crippen LogP contribution in [-0.2, 0) is 20.6 Å². The predicted molar refractivity (Wildman–Crippen MR) is 120 cm³/mol. The lowest BCUT2D eigenvalue weighted by molar-refractivity contribution is -0.119. The molecule has 30 heavy (non-hydrogen) atoms. The fourth-order valence-electron chi connectivity index (χ4n) is 2.63. The van der Waals surface area contributed by atoms with Crippen LogP contribution in [0.5, 0.6) is 0 Å². The van der Waals surface area contributed by atoms with E-state index in [4.69, 9.17) is 11.6 Å². The highest BCUT2D eigenvalue weighted by Crippen LogP contribution is 2.17. The molecule has 2 rings (SSSR count). The zero-order valence-electron chi connectivity index (χ0n) is 16.7. The van der Waals surface area contributed by atoms with E-state index in [2.05, 4.69) is 10.9 Å².